The minimum atomic E-state index is 0.848. The van der Waals surface area contributed by atoms with Gasteiger partial charge < -0.3 is 18.3 Å². The number of aryl methyl sites for hydroxylation is 1. The van der Waals surface area contributed by atoms with Crippen LogP contribution in [-0.2, 0) is 0 Å². The molecule has 0 fully saturated rings. The Morgan fingerprint density at radius 1 is 0.468 bits per heavy atom. The van der Waals surface area contributed by atoms with Gasteiger partial charge in [-0.3, -0.25) is 0 Å². The summed E-state index contributed by atoms with van der Waals surface area (Å²) >= 11 is 0. The second-order valence-corrected chi connectivity index (χ2v) is 12.2. The van der Waals surface area contributed by atoms with Gasteiger partial charge in [-0.1, -0.05) is 90.5 Å². The first-order valence-electron chi connectivity index (χ1n) is 15.9. The molecule has 10 aromatic rings. The van der Waals surface area contributed by atoms with Crippen molar-refractivity contribution in [1.82, 2.24) is 4.57 Å². The monoisotopic (exact) mass is 604 g/mol. The lowest BCUT2D eigenvalue weighted by Crippen LogP contribution is -2.10. The Kier molecular flexibility index (Phi) is 5.46. The first kappa shape index (κ1) is 26.0. The predicted molar refractivity (Wildman–Crippen MR) is 195 cm³/mol. The predicted octanol–water partition coefficient (Wildman–Crippen LogP) is 12.4. The Morgan fingerprint density at radius 2 is 1.11 bits per heavy atom. The normalized spacial score (nSPS) is 11.9. The summed E-state index contributed by atoms with van der Waals surface area (Å²) in [7, 11) is 0. The number of hydrogen-bond acceptors (Lipinski definition) is 3. The van der Waals surface area contributed by atoms with E-state index in [1.165, 1.54) is 21.9 Å². The van der Waals surface area contributed by atoms with Gasteiger partial charge in [-0.15, -0.1) is 0 Å². The lowest BCUT2D eigenvalue weighted by atomic mass is 10.1. The topological polar surface area (TPSA) is 34.5 Å². The van der Waals surface area contributed by atoms with Gasteiger partial charge in [-0.2, -0.15) is 0 Å². The molecule has 0 saturated heterocycles. The van der Waals surface area contributed by atoms with Crippen LogP contribution in [0.1, 0.15) is 5.56 Å². The van der Waals surface area contributed by atoms with Crippen LogP contribution in [0.2, 0.25) is 0 Å². The third-order valence-electron chi connectivity index (χ3n) is 9.45. The third-order valence-corrected chi connectivity index (χ3v) is 9.45. The molecule has 3 aromatic heterocycles. The van der Waals surface area contributed by atoms with Gasteiger partial charge in [0.15, 0.2) is 5.58 Å². The van der Waals surface area contributed by atoms with Gasteiger partial charge in [0.25, 0.3) is 0 Å². The Hall–Kier alpha value is -6.26. The molecule has 0 unspecified atom stereocenters. The van der Waals surface area contributed by atoms with Gasteiger partial charge >= 0.3 is 0 Å². The Bertz CT molecular complexity index is 2820. The molecule has 0 radical (unpaired) electrons. The molecule has 222 valence electrons. The van der Waals surface area contributed by atoms with Crippen LogP contribution in [0.25, 0.3) is 71.4 Å². The fourth-order valence-electron chi connectivity index (χ4n) is 7.33. The average molecular weight is 605 g/mol. The van der Waals surface area contributed by atoms with Crippen LogP contribution >= 0.6 is 0 Å². The summed E-state index contributed by atoms with van der Waals surface area (Å²) in [6, 6.07) is 53.5. The van der Waals surface area contributed by atoms with Crippen LogP contribution in [-0.4, -0.2) is 4.57 Å². The summed E-state index contributed by atoms with van der Waals surface area (Å²) < 4.78 is 15.4. The van der Waals surface area contributed by atoms with Crippen LogP contribution in [0.3, 0.4) is 0 Å². The molecule has 0 atom stereocenters. The number of furan rings is 2. The zero-order valence-electron chi connectivity index (χ0n) is 25.6. The van der Waals surface area contributed by atoms with Crippen LogP contribution in [0, 0.1) is 6.92 Å². The van der Waals surface area contributed by atoms with Crippen molar-refractivity contribution in [3.8, 4) is 5.69 Å². The highest BCUT2D eigenvalue weighted by Gasteiger charge is 2.24. The van der Waals surface area contributed by atoms with E-state index in [4.69, 9.17) is 8.83 Å². The van der Waals surface area contributed by atoms with Crippen LogP contribution in [0.15, 0.2) is 160 Å². The molecular weight excluding hydrogens is 576 g/mol. The van der Waals surface area contributed by atoms with Crippen molar-refractivity contribution in [2.45, 2.75) is 6.92 Å². The van der Waals surface area contributed by atoms with E-state index in [2.05, 4.69) is 144 Å². The maximum absolute atomic E-state index is 6.65. The quantitative estimate of drug-likeness (QED) is 0.200. The van der Waals surface area contributed by atoms with E-state index in [0.29, 0.717) is 0 Å². The summed E-state index contributed by atoms with van der Waals surface area (Å²) in [5.74, 6) is 0. The Balaban J connectivity index is 1.30. The van der Waals surface area contributed by atoms with Crippen molar-refractivity contribution in [2.75, 3.05) is 4.90 Å². The molecule has 0 aliphatic heterocycles. The summed E-state index contributed by atoms with van der Waals surface area (Å²) in [5.41, 5.74) is 11.2. The van der Waals surface area contributed by atoms with Gasteiger partial charge in [-0.25, -0.2) is 0 Å². The molecule has 4 heteroatoms. The number of hydrogen-bond donors (Lipinski definition) is 0. The zero-order chi connectivity index (χ0) is 31.1. The minimum Gasteiger partial charge on any atom is -0.456 e. The summed E-state index contributed by atoms with van der Waals surface area (Å²) in [6.45, 7) is 2.13. The first-order valence-corrected chi connectivity index (χ1v) is 15.9. The van der Waals surface area contributed by atoms with Gasteiger partial charge in [0.2, 0.25) is 0 Å². The molecular formula is C43H28N2O2. The highest BCUT2D eigenvalue weighted by Crippen LogP contribution is 2.47. The second kappa shape index (κ2) is 9.87. The molecule has 7 aromatic carbocycles. The lowest BCUT2D eigenvalue weighted by molar-refractivity contribution is 0.668. The summed E-state index contributed by atoms with van der Waals surface area (Å²) in [4.78, 5) is 2.34. The molecule has 0 bridgehead atoms. The molecule has 4 nitrogen and oxygen atoms in total. The molecule has 0 aliphatic rings. The summed E-state index contributed by atoms with van der Waals surface area (Å²) in [5, 5.41) is 6.73. The number of benzene rings is 7. The highest BCUT2D eigenvalue weighted by molar-refractivity contribution is 6.17. The Morgan fingerprint density at radius 3 is 1.96 bits per heavy atom. The molecule has 47 heavy (non-hydrogen) atoms. The number of para-hydroxylation sites is 4. The third kappa shape index (κ3) is 3.82. The van der Waals surface area contributed by atoms with Crippen LogP contribution in [0.4, 0.5) is 17.1 Å². The van der Waals surface area contributed by atoms with Crippen molar-refractivity contribution in [1.29, 1.82) is 0 Å². The fourth-order valence-corrected chi connectivity index (χ4v) is 7.33. The summed E-state index contributed by atoms with van der Waals surface area (Å²) in [6.07, 6.45) is 0. The molecule has 0 spiro atoms. The van der Waals surface area contributed by atoms with Crippen molar-refractivity contribution in [2.24, 2.45) is 0 Å². The number of fused-ring (bicyclic) bond motifs is 9. The maximum atomic E-state index is 6.65. The van der Waals surface area contributed by atoms with Gasteiger partial charge in [-0.05, 0) is 73.7 Å². The first-order chi connectivity index (χ1) is 23.2. The maximum Gasteiger partial charge on any atom is 0.159 e. The number of aromatic nitrogens is 1. The molecule has 0 amide bonds. The molecule has 10 rings (SSSR count). The molecule has 0 aliphatic carbocycles. The van der Waals surface area contributed by atoms with Gasteiger partial charge in [0.1, 0.15) is 16.7 Å². The van der Waals surface area contributed by atoms with Crippen molar-refractivity contribution in [3.63, 3.8) is 0 Å². The van der Waals surface area contributed by atoms with Gasteiger partial charge in [0, 0.05) is 38.3 Å². The van der Waals surface area contributed by atoms with E-state index < -0.39 is 0 Å². The molecule has 0 N–H and O–H groups in total. The fraction of sp³-hybridized carbons (Fsp3) is 0.0233. The average Bonchev–Trinajstić information content (AvgIpc) is 3.79. The van der Waals surface area contributed by atoms with Crippen molar-refractivity contribution >= 4 is 82.7 Å². The van der Waals surface area contributed by atoms with Crippen LogP contribution < -0.4 is 4.90 Å². The standard InChI is InChI=1S/C43H28N2O2/c1-27-20-22-28(23-21-27)44-35-14-5-2-10-30(35)34-26-29(24-25-36(34)44)45(37-15-9-19-41-42(37)33-12-4-7-18-40(33)46-41)38-16-8-13-32-31-11-3-6-17-39(31)47-43(32)38/h2-26H,1H3. The van der Waals surface area contributed by atoms with E-state index in [9.17, 15) is 0 Å². The van der Waals surface area contributed by atoms with Crippen molar-refractivity contribution in [3.05, 3.63) is 157 Å². The highest BCUT2D eigenvalue weighted by atomic mass is 16.3. The molecule has 3 heterocycles. The number of rotatable bonds is 4. The Labute approximate surface area is 270 Å². The van der Waals surface area contributed by atoms with E-state index in [1.807, 2.05) is 24.3 Å². The van der Waals surface area contributed by atoms with Crippen molar-refractivity contribution < 1.29 is 8.83 Å². The zero-order valence-corrected chi connectivity index (χ0v) is 25.6. The lowest BCUT2D eigenvalue weighted by Gasteiger charge is -2.26. The smallest absolute Gasteiger partial charge is 0.159 e. The largest absolute Gasteiger partial charge is 0.456 e. The SMILES string of the molecule is Cc1ccc(-n2c3ccccc3c3cc(N(c4cccc5c4oc4ccccc45)c4cccc5oc6ccccc6c45)ccc32)cc1. The number of nitrogens with zero attached hydrogens (tertiary/aromatic N) is 2. The van der Waals surface area contributed by atoms with Crippen LogP contribution in [0.5, 0.6) is 0 Å². The van der Waals surface area contributed by atoms with E-state index >= 15 is 0 Å². The second-order valence-electron chi connectivity index (χ2n) is 12.2. The van der Waals surface area contributed by atoms with E-state index in [-0.39, 0.29) is 0 Å². The van der Waals surface area contributed by atoms with Gasteiger partial charge in [0.05, 0.1) is 27.8 Å². The van der Waals surface area contributed by atoms with E-state index in [1.54, 1.807) is 0 Å². The van der Waals surface area contributed by atoms with E-state index in [0.717, 1.165) is 72.1 Å². The minimum absolute atomic E-state index is 0.848. The molecule has 0 saturated carbocycles. The number of anilines is 3.